The van der Waals surface area contributed by atoms with E-state index < -0.39 is 18.5 Å². The lowest BCUT2D eigenvalue weighted by Gasteiger charge is -2.10. The number of amides is 1. The van der Waals surface area contributed by atoms with Crippen molar-refractivity contribution in [1.82, 2.24) is 15.3 Å². The number of benzene rings is 2. The van der Waals surface area contributed by atoms with Gasteiger partial charge in [0.15, 0.2) is 18.1 Å². The molecule has 1 N–H and O–H groups in total. The van der Waals surface area contributed by atoms with Crippen molar-refractivity contribution in [3.63, 3.8) is 0 Å². The highest BCUT2D eigenvalue weighted by atomic mass is 16.7. The van der Waals surface area contributed by atoms with E-state index in [2.05, 4.69) is 15.3 Å². The molecule has 164 valence electrons. The molecule has 0 radical (unpaired) electrons. The van der Waals surface area contributed by atoms with Crippen LogP contribution in [0.3, 0.4) is 0 Å². The van der Waals surface area contributed by atoms with E-state index >= 15 is 0 Å². The van der Waals surface area contributed by atoms with Crippen LogP contribution in [-0.2, 0) is 16.1 Å². The van der Waals surface area contributed by atoms with Gasteiger partial charge in [0.05, 0.1) is 16.8 Å². The number of hydrogen-bond acceptors (Lipinski definition) is 7. The molecule has 0 spiro atoms. The molecule has 0 atom stereocenters. The third-order valence-corrected chi connectivity index (χ3v) is 5.15. The number of carbonyl (C=O) groups excluding carboxylic acids is 2. The fraction of sp³-hybridized carbons (Fsp3) is 0.120. The van der Waals surface area contributed by atoms with Crippen LogP contribution in [0.25, 0.3) is 22.2 Å². The van der Waals surface area contributed by atoms with Gasteiger partial charge >= 0.3 is 5.97 Å². The third kappa shape index (κ3) is 4.45. The molecule has 0 saturated heterocycles. The lowest BCUT2D eigenvalue weighted by atomic mass is 10.1. The first-order chi connectivity index (χ1) is 16.2. The van der Waals surface area contributed by atoms with Crippen LogP contribution in [0.4, 0.5) is 0 Å². The van der Waals surface area contributed by atoms with Crippen molar-refractivity contribution >= 4 is 22.8 Å². The fourth-order valence-corrected chi connectivity index (χ4v) is 3.52. The number of para-hydroxylation sites is 1. The highest BCUT2D eigenvalue weighted by Crippen LogP contribution is 2.32. The predicted molar refractivity (Wildman–Crippen MR) is 120 cm³/mol. The Labute approximate surface area is 189 Å². The van der Waals surface area contributed by atoms with E-state index in [9.17, 15) is 9.59 Å². The summed E-state index contributed by atoms with van der Waals surface area (Å²) in [5, 5.41) is 3.39. The molecule has 4 aromatic rings. The maximum Gasteiger partial charge on any atom is 0.339 e. The Kier molecular flexibility index (Phi) is 5.55. The maximum absolute atomic E-state index is 12.9. The summed E-state index contributed by atoms with van der Waals surface area (Å²) < 4.78 is 15.9. The topological polar surface area (TPSA) is 99.6 Å². The van der Waals surface area contributed by atoms with Crippen molar-refractivity contribution in [2.75, 3.05) is 13.4 Å². The fourth-order valence-electron chi connectivity index (χ4n) is 3.52. The molecule has 0 saturated carbocycles. The zero-order valence-corrected chi connectivity index (χ0v) is 17.5. The van der Waals surface area contributed by atoms with Crippen molar-refractivity contribution in [2.45, 2.75) is 6.54 Å². The molecular weight excluding hydrogens is 422 g/mol. The van der Waals surface area contributed by atoms with Crippen molar-refractivity contribution < 1.29 is 23.8 Å². The van der Waals surface area contributed by atoms with Gasteiger partial charge in [-0.3, -0.25) is 9.78 Å². The molecule has 0 fully saturated rings. The zero-order valence-electron chi connectivity index (χ0n) is 17.5. The van der Waals surface area contributed by atoms with E-state index in [1.54, 1.807) is 42.7 Å². The highest BCUT2D eigenvalue weighted by Gasteiger charge is 2.17. The molecule has 2 aromatic carbocycles. The van der Waals surface area contributed by atoms with Crippen molar-refractivity contribution in [2.24, 2.45) is 0 Å². The van der Waals surface area contributed by atoms with E-state index in [1.165, 1.54) is 0 Å². The normalized spacial score (nSPS) is 11.9. The predicted octanol–water partition coefficient (Wildman–Crippen LogP) is 3.50. The summed E-state index contributed by atoms with van der Waals surface area (Å²) in [5.41, 5.74) is 3.21. The Morgan fingerprint density at radius 1 is 1.00 bits per heavy atom. The second kappa shape index (κ2) is 8.96. The summed E-state index contributed by atoms with van der Waals surface area (Å²) in [6, 6.07) is 18.0. The van der Waals surface area contributed by atoms with Crippen LogP contribution in [-0.4, -0.2) is 35.2 Å². The standard InChI is InChI=1S/C25H19N3O5/c29-24(27-12-16-7-8-22-23(10-16)33-15-32-22)14-31-25(30)19-11-21(17-4-3-9-26-13-17)28-20-6-2-1-5-18(19)20/h1-11,13H,12,14-15H2,(H,27,29). The summed E-state index contributed by atoms with van der Waals surface area (Å²) in [4.78, 5) is 33.9. The van der Waals surface area contributed by atoms with Gasteiger partial charge in [-0.25, -0.2) is 9.78 Å². The lowest BCUT2D eigenvalue weighted by Crippen LogP contribution is -2.28. The molecule has 8 nitrogen and oxygen atoms in total. The van der Waals surface area contributed by atoms with Crippen molar-refractivity contribution in [3.05, 3.63) is 84.2 Å². The number of fused-ring (bicyclic) bond motifs is 2. The number of rotatable bonds is 6. The van der Waals surface area contributed by atoms with Crippen LogP contribution >= 0.6 is 0 Å². The first-order valence-electron chi connectivity index (χ1n) is 10.3. The van der Waals surface area contributed by atoms with E-state index in [4.69, 9.17) is 14.2 Å². The Hall–Kier alpha value is -4.46. The summed E-state index contributed by atoms with van der Waals surface area (Å²) in [5.74, 6) is 0.306. The van der Waals surface area contributed by atoms with Crippen LogP contribution in [0, 0.1) is 0 Å². The molecule has 33 heavy (non-hydrogen) atoms. The average molecular weight is 441 g/mol. The molecular formula is C25H19N3O5. The summed E-state index contributed by atoms with van der Waals surface area (Å²) in [7, 11) is 0. The van der Waals surface area contributed by atoms with Crippen LogP contribution < -0.4 is 14.8 Å². The molecule has 1 aliphatic heterocycles. The van der Waals surface area contributed by atoms with Crippen LogP contribution in [0.15, 0.2) is 73.1 Å². The van der Waals surface area contributed by atoms with Gasteiger partial charge in [-0.1, -0.05) is 24.3 Å². The number of esters is 1. The van der Waals surface area contributed by atoms with Gasteiger partial charge in [0.1, 0.15) is 0 Å². The zero-order chi connectivity index (χ0) is 22.6. The number of aromatic nitrogens is 2. The Morgan fingerprint density at radius 2 is 1.88 bits per heavy atom. The quantitative estimate of drug-likeness (QED) is 0.457. The summed E-state index contributed by atoms with van der Waals surface area (Å²) in [6.45, 7) is 0.0614. The molecule has 8 heteroatoms. The second-order valence-corrected chi connectivity index (χ2v) is 7.35. The number of hydrogen-bond donors (Lipinski definition) is 1. The highest BCUT2D eigenvalue weighted by molar-refractivity contribution is 6.05. The second-order valence-electron chi connectivity index (χ2n) is 7.35. The van der Waals surface area contributed by atoms with E-state index in [0.29, 0.717) is 33.7 Å². The number of nitrogens with one attached hydrogen (secondary N) is 1. The first kappa shape index (κ1) is 20.4. The van der Waals surface area contributed by atoms with Gasteiger partial charge in [0.25, 0.3) is 5.91 Å². The molecule has 3 heterocycles. The van der Waals surface area contributed by atoms with Crippen molar-refractivity contribution in [1.29, 1.82) is 0 Å². The monoisotopic (exact) mass is 441 g/mol. The van der Waals surface area contributed by atoms with Gasteiger partial charge in [-0.2, -0.15) is 0 Å². The van der Waals surface area contributed by atoms with Gasteiger partial charge in [0, 0.05) is 29.9 Å². The Morgan fingerprint density at radius 3 is 2.76 bits per heavy atom. The van der Waals surface area contributed by atoms with Gasteiger partial charge in [-0.15, -0.1) is 0 Å². The van der Waals surface area contributed by atoms with E-state index in [1.807, 2.05) is 30.3 Å². The smallest absolute Gasteiger partial charge is 0.339 e. The summed E-state index contributed by atoms with van der Waals surface area (Å²) in [6.07, 6.45) is 3.34. The molecule has 0 unspecified atom stereocenters. The number of ether oxygens (including phenoxy) is 3. The van der Waals surface area contributed by atoms with Crippen LogP contribution in [0.5, 0.6) is 11.5 Å². The average Bonchev–Trinajstić information content (AvgIpc) is 3.34. The van der Waals surface area contributed by atoms with Gasteiger partial charge in [0.2, 0.25) is 6.79 Å². The largest absolute Gasteiger partial charge is 0.454 e. The van der Waals surface area contributed by atoms with Crippen LogP contribution in [0.1, 0.15) is 15.9 Å². The van der Waals surface area contributed by atoms with Crippen molar-refractivity contribution in [3.8, 4) is 22.8 Å². The SMILES string of the molecule is O=C(COC(=O)c1cc(-c2cccnc2)nc2ccccc12)NCc1ccc2c(c1)OCO2. The third-order valence-electron chi connectivity index (χ3n) is 5.15. The molecule has 1 aliphatic rings. The molecule has 5 rings (SSSR count). The van der Waals surface area contributed by atoms with Gasteiger partial charge in [-0.05, 0) is 42.0 Å². The van der Waals surface area contributed by atoms with E-state index in [-0.39, 0.29) is 13.3 Å². The molecule has 2 aromatic heterocycles. The Bertz CT molecular complexity index is 1340. The Balaban J connectivity index is 1.27. The minimum atomic E-state index is -0.600. The number of pyridine rings is 2. The minimum absolute atomic E-state index is 0.188. The molecule has 0 bridgehead atoms. The minimum Gasteiger partial charge on any atom is -0.454 e. The number of nitrogens with zero attached hydrogens (tertiary/aromatic N) is 2. The molecule has 0 aliphatic carbocycles. The van der Waals surface area contributed by atoms with Crippen LogP contribution in [0.2, 0.25) is 0 Å². The molecule has 1 amide bonds. The van der Waals surface area contributed by atoms with Gasteiger partial charge < -0.3 is 19.5 Å². The lowest BCUT2D eigenvalue weighted by molar-refractivity contribution is -0.124. The number of carbonyl (C=O) groups is 2. The summed E-state index contributed by atoms with van der Waals surface area (Å²) >= 11 is 0. The maximum atomic E-state index is 12.9. The first-order valence-corrected chi connectivity index (χ1v) is 10.3. The van der Waals surface area contributed by atoms with E-state index in [0.717, 1.165) is 11.1 Å².